The Hall–Kier alpha value is -2.87. The van der Waals surface area contributed by atoms with Crippen LogP contribution in [0, 0.1) is 0 Å². The zero-order valence-corrected chi connectivity index (χ0v) is 14.8. The van der Waals surface area contributed by atoms with Crippen molar-refractivity contribution >= 4 is 39.6 Å². The molecule has 0 aromatic heterocycles. The highest BCUT2D eigenvalue weighted by Gasteiger charge is 2.15. The van der Waals surface area contributed by atoms with E-state index in [1.165, 1.54) is 13.1 Å². The number of rotatable bonds is 4. The maximum atomic E-state index is 12.2. The Labute approximate surface area is 152 Å². The number of anilines is 1. The molecule has 0 atom stereocenters. The second-order valence-electron chi connectivity index (χ2n) is 5.19. The van der Waals surface area contributed by atoms with Crippen LogP contribution in [-0.2, 0) is 4.79 Å². The highest BCUT2D eigenvalue weighted by atomic mass is 79.9. The van der Waals surface area contributed by atoms with Crippen molar-refractivity contribution < 1.29 is 19.1 Å². The van der Waals surface area contributed by atoms with Crippen LogP contribution in [0.1, 0.15) is 22.8 Å². The second-order valence-corrected chi connectivity index (χ2v) is 6.04. The highest BCUT2D eigenvalue weighted by Crippen LogP contribution is 2.36. The quantitative estimate of drug-likeness (QED) is 0.606. The van der Waals surface area contributed by atoms with Gasteiger partial charge in [-0.15, -0.1) is 0 Å². The van der Waals surface area contributed by atoms with Crippen molar-refractivity contribution in [1.82, 2.24) is 5.43 Å². The van der Waals surface area contributed by atoms with Gasteiger partial charge >= 0.3 is 0 Å². The Balaban J connectivity index is 1.68. The van der Waals surface area contributed by atoms with Crippen LogP contribution in [0.2, 0.25) is 0 Å². The van der Waals surface area contributed by atoms with Crippen LogP contribution in [0.4, 0.5) is 5.69 Å². The summed E-state index contributed by atoms with van der Waals surface area (Å²) in [5.41, 5.74) is 4.11. The zero-order valence-electron chi connectivity index (χ0n) is 13.2. The van der Waals surface area contributed by atoms with Crippen molar-refractivity contribution in [3.05, 3.63) is 52.0 Å². The van der Waals surface area contributed by atoms with Gasteiger partial charge in [-0.05, 0) is 46.3 Å². The van der Waals surface area contributed by atoms with Crippen LogP contribution in [0.15, 0.2) is 46.0 Å². The fourth-order valence-corrected chi connectivity index (χ4v) is 2.62. The summed E-state index contributed by atoms with van der Waals surface area (Å²) >= 11 is 3.41. The summed E-state index contributed by atoms with van der Waals surface area (Å²) in [6.45, 7) is 1.59. The molecule has 0 unspecified atom stereocenters. The number of hydrogen-bond acceptors (Lipinski definition) is 5. The van der Waals surface area contributed by atoms with Gasteiger partial charge in [-0.1, -0.05) is 6.07 Å². The predicted molar refractivity (Wildman–Crippen MR) is 96.1 cm³/mol. The van der Waals surface area contributed by atoms with Gasteiger partial charge in [0.15, 0.2) is 11.5 Å². The molecule has 2 aromatic rings. The summed E-state index contributed by atoms with van der Waals surface area (Å²) in [6, 6.07) is 10.1. The molecule has 2 amide bonds. The van der Waals surface area contributed by atoms with Gasteiger partial charge in [0.05, 0.1) is 6.21 Å². The monoisotopic (exact) mass is 403 g/mol. The van der Waals surface area contributed by atoms with E-state index in [0.717, 1.165) is 10.0 Å². The lowest BCUT2D eigenvalue weighted by atomic mass is 10.2. The van der Waals surface area contributed by atoms with Crippen molar-refractivity contribution in [2.24, 2.45) is 5.10 Å². The Bertz CT molecular complexity index is 867. The van der Waals surface area contributed by atoms with Gasteiger partial charge in [-0.25, -0.2) is 5.43 Å². The van der Waals surface area contributed by atoms with Crippen molar-refractivity contribution in [3.63, 3.8) is 0 Å². The maximum absolute atomic E-state index is 12.2. The van der Waals surface area contributed by atoms with E-state index < -0.39 is 0 Å². The summed E-state index contributed by atoms with van der Waals surface area (Å²) in [5, 5.41) is 6.58. The highest BCUT2D eigenvalue weighted by molar-refractivity contribution is 9.10. The Kier molecular flexibility index (Phi) is 4.99. The van der Waals surface area contributed by atoms with Gasteiger partial charge in [0.1, 0.15) is 0 Å². The Morgan fingerprint density at radius 3 is 2.72 bits per heavy atom. The molecule has 0 fully saturated rings. The van der Waals surface area contributed by atoms with E-state index in [1.54, 1.807) is 36.4 Å². The standard InChI is InChI=1S/C17H14BrN3O4/c1-10(22)20-13-4-2-3-11(5-13)17(23)21-19-8-12-6-15-16(7-14(12)18)25-9-24-15/h2-8H,9H2,1H3,(H,20,22)(H,21,23)/b19-8-. The number of nitrogens with one attached hydrogen (secondary N) is 2. The Morgan fingerprint density at radius 2 is 1.96 bits per heavy atom. The number of fused-ring (bicyclic) bond motifs is 1. The van der Waals surface area contributed by atoms with Crippen LogP contribution in [0.5, 0.6) is 11.5 Å². The molecule has 2 aromatic carbocycles. The molecule has 0 saturated carbocycles. The number of halogens is 1. The zero-order chi connectivity index (χ0) is 17.8. The van der Waals surface area contributed by atoms with Crippen LogP contribution in [0.25, 0.3) is 0 Å². The first-order valence-electron chi connectivity index (χ1n) is 7.33. The number of hydrazone groups is 1. The molecule has 0 saturated heterocycles. The summed E-state index contributed by atoms with van der Waals surface area (Å²) in [6.07, 6.45) is 1.50. The third kappa shape index (κ3) is 4.16. The first-order chi connectivity index (χ1) is 12.0. The van der Waals surface area contributed by atoms with E-state index in [-0.39, 0.29) is 18.6 Å². The van der Waals surface area contributed by atoms with E-state index >= 15 is 0 Å². The summed E-state index contributed by atoms with van der Waals surface area (Å²) in [4.78, 5) is 23.2. The minimum atomic E-state index is -0.389. The largest absolute Gasteiger partial charge is 0.454 e. The fraction of sp³-hybridized carbons (Fsp3) is 0.118. The van der Waals surface area contributed by atoms with Crippen molar-refractivity contribution in [3.8, 4) is 11.5 Å². The average molecular weight is 404 g/mol. The van der Waals surface area contributed by atoms with Gasteiger partial charge in [0, 0.05) is 28.2 Å². The molecule has 0 radical (unpaired) electrons. The molecule has 0 bridgehead atoms. The van der Waals surface area contributed by atoms with Crippen molar-refractivity contribution in [1.29, 1.82) is 0 Å². The molecule has 1 aliphatic heterocycles. The molecule has 1 heterocycles. The number of ether oxygens (including phenoxy) is 2. The molecule has 3 rings (SSSR count). The van der Waals surface area contributed by atoms with Crippen molar-refractivity contribution in [2.45, 2.75) is 6.92 Å². The van der Waals surface area contributed by atoms with Gasteiger partial charge in [-0.3, -0.25) is 9.59 Å². The number of benzene rings is 2. The van der Waals surface area contributed by atoms with Gasteiger partial charge < -0.3 is 14.8 Å². The molecule has 0 aliphatic carbocycles. The smallest absolute Gasteiger partial charge is 0.271 e. The van der Waals surface area contributed by atoms with Gasteiger partial charge in [0.2, 0.25) is 12.7 Å². The minimum Gasteiger partial charge on any atom is -0.454 e. The van der Waals surface area contributed by atoms with Crippen molar-refractivity contribution in [2.75, 3.05) is 12.1 Å². The summed E-state index contributed by atoms with van der Waals surface area (Å²) in [5.74, 6) is 0.686. The number of nitrogens with zero attached hydrogens (tertiary/aromatic N) is 1. The molecule has 8 heteroatoms. The molecule has 1 aliphatic rings. The number of carbonyl (C=O) groups excluding carboxylic acids is 2. The number of carbonyl (C=O) groups is 2. The average Bonchev–Trinajstić information content (AvgIpc) is 3.01. The van der Waals surface area contributed by atoms with Crippen LogP contribution < -0.4 is 20.2 Å². The predicted octanol–water partition coefficient (Wildman–Crippen LogP) is 2.90. The normalized spacial score (nSPS) is 12.2. The number of amides is 2. The molecule has 2 N–H and O–H groups in total. The van der Waals surface area contributed by atoms with Gasteiger partial charge in [-0.2, -0.15) is 5.10 Å². The molecular formula is C17H14BrN3O4. The SMILES string of the molecule is CC(=O)Nc1cccc(C(=O)N/N=C\c2cc3c(cc2Br)OCO3)c1. The van der Waals surface area contributed by atoms with E-state index in [4.69, 9.17) is 9.47 Å². The molecule has 0 spiro atoms. The minimum absolute atomic E-state index is 0.184. The second kappa shape index (κ2) is 7.35. The first-order valence-corrected chi connectivity index (χ1v) is 8.12. The van der Waals surface area contributed by atoms with Crippen LogP contribution in [-0.4, -0.2) is 24.8 Å². The fourth-order valence-electron chi connectivity index (χ4n) is 2.20. The third-order valence-corrected chi connectivity index (χ3v) is 3.99. The molecule has 128 valence electrons. The van der Waals surface area contributed by atoms with Crippen LogP contribution >= 0.6 is 15.9 Å². The lowest BCUT2D eigenvalue weighted by molar-refractivity contribution is -0.114. The molecular weight excluding hydrogens is 390 g/mol. The van der Waals surface area contributed by atoms with E-state index in [9.17, 15) is 9.59 Å². The summed E-state index contributed by atoms with van der Waals surface area (Å²) in [7, 11) is 0. The topological polar surface area (TPSA) is 89.0 Å². The molecule has 7 nitrogen and oxygen atoms in total. The number of hydrogen-bond donors (Lipinski definition) is 2. The molecule has 25 heavy (non-hydrogen) atoms. The lowest BCUT2D eigenvalue weighted by Gasteiger charge is -2.05. The van der Waals surface area contributed by atoms with E-state index in [2.05, 4.69) is 31.8 Å². The first kappa shape index (κ1) is 17.0. The van der Waals surface area contributed by atoms with E-state index in [1.807, 2.05) is 0 Å². The van der Waals surface area contributed by atoms with E-state index in [0.29, 0.717) is 22.7 Å². The third-order valence-electron chi connectivity index (χ3n) is 3.31. The summed E-state index contributed by atoms with van der Waals surface area (Å²) < 4.78 is 11.4. The lowest BCUT2D eigenvalue weighted by Crippen LogP contribution is -2.18. The van der Waals surface area contributed by atoms with Gasteiger partial charge in [0.25, 0.3) is 5.91 Å². The van der Waals surface area contributed by atoms with Crippen LogP contribution in [0.3, 0.4) is 0 Å². The maximum Gasteiger partial charge on any atom is 0.271 e. The Morgan fingerprint density at radius 1 is 1.20 bits per heavy atom.